The van der Waals surface area contributed by atoms with E-state index >= 15 is 0 Å². The predicted molar refractivity (Wildman–Crippen MR) is 66.1 cm³/mol. The second kappa shape index (κ2) is 3.61. The molecule has 4 nitrogen and oxygen atoms in total. The van der Waals surface area contributed by atoms with Crippen LogP contribution in [0.5, 0.6) is 0 Å². The van der Waals surface area contributed by atoms with Crippen molar-refractivity contribution in [2.24, 2.45) is 7.05 Å². The van der Waals surface area contributed by atoms with E-state index in [0.29, 0.717) is 0 Å². The molecule has 3 aromatic rings. The van der Waals surface area contributed by atoms with Gasteiger partial charge in [-0.1, -0.05) is 23.5 Å². The maximum atomic E-state index is 4.49. The molecule has 2 aromatic heterocycles. The number of fused-ring (bicyclic) bond motifs is 1. The zero-order valence-corrected chi connectivity index (χ0v) is 9.53. The van der Waals surface area contributed by atoms with E-state index < -0.39 is 0 Å². The molecule has 0 unspecified atom stereocenters. The summed E-state index contributed by atoms with van der Waals surface area (Å²) >= 11 is 1.64. The highest BCUT2D eigenvalue weighted by Gasteiger charge is 2.03. The van der Waals surface area contributed by atoms with E-state index in [0.717, 1.165) is 16.3 Å². The Bertz CT molecular complexity index is 592. The van der Waals surface area contributed by atoms with E-state index in [2.05, 4.69) is 21.5 Å². The van der Waals surface area contributed by atoms with Gasteiger partial charge in [0, 0.05) is 13.2 Å². The maximum Gasteiger partial charge on any atom is 0.188 e. The van der Waals surface area contributed by atoms with Crippen molar-refractivity contribution in [2.75, 3.05) is 5.32 Å². The van der Waals surface area contributed by atoms with Gasteiger partial charge in [-0.3, -0.25) is 4.68 Å². The van der Waals surface area contributed by atoms with Gasteiger partial charge in [0.2, 0.25) is 0 Å². The number of thiazole rings is 1. The molecule has 0 saturated carbocycles. The highest BCUT2D eigenvalue weighted by Crippen LogP contribution is 2.27. The first kappa shape index (κ1) is 9.35. The van der Waals surface area contributed by atoms with Gasteiger partial charge in [0.1, 0.15) is 0 Å². The summed E-state index contributed by atoms with van der Waals surface area (Å²) in [6.45, 7) is 0. The number of hydrogen-bond donors (Lipinski definition) is 1. The van der Waals surface area contributed by atoms with Crippen LogP contribution in [0, 0.1) is 0 Å². The molecule has 5 heteroatoms. The van der Waals surface area contributed by atoms with Crippen molar-refractivity contribution in [1.82, 2.24) is 14.8 Å². The van der Waals surface area contributed by atoms with Crippen LogP contribution in [0.4, 0.5) is 10.8 Å². The average molecular weight is 230 g/mol. The summed E-state index contributed by atoms with van der Waals surface area (Å²) in [5.41, 5.74) is 1.99. The van der Waals surface area contributed by atoms with Crippen molar-refractivity contribution in [1.29, 1.82) is 0 Å². The topological polar surface area (TPSA) is 42.7 Å². The Balaban J connectivity index is 1.95. The SMILES string of the molecule is Cn1cc(Nc2nc3ccccc3s2)cn1. The van der Waals surface area contributed by atoms with Gasteiger partial charge in [0.15, 0.2) is 5.13 Å². The number of benzene rings is 1. The molecule has 2 heterocycles. The van der Waals surface area contributed by atoms with E-state index in [1.54, 1.807) is 22.2 Å². The minimum Gasteiger partial charge on any atom is -0.329 e. The van der Waals surface area contributed by atoms with Gasteiger partial charge < -0.3 is 5.32 Å². The summed E-state index contributed by atoms with van der Waals surface area (Å²) in [5.74, 6) is 0. The first-order valence-corrected chi connectivity index (χ1v) is 5.74. The summed E-state index contributed by atoms with van der Waals surface area (Å²) < 4.78 is 2.95. The second-order valence-electron chi connectivity index (χ2n) is 3.51. The Labute approximate surface area is 96.6 Å². The zero-order valence-electron chi connectivity index (χ0n) is 8.71. The van der Waals surface area contributed by atoms with Crippen LogP contribution in [0.15, 0.2) is 36.7 Å². The summed E-state index contributed by atoms with van der Waals surface area (Å²) in [6.07, 6.45) is 3.71. The summed E-state index contributed by atoms with van der Waals surface area (Å²) in [4.78, 5) is 4.49. The number of nitrogens with one attached hydrogen (secondary N) is 1. The fourth-order valence-corrected chi connectivity index (χ4v) is 2.42. The minimum absolute atomic E-state index is 0.897. The van der Waals surface area contributed by atoms with E-state index in [1.165, 1.54) is 4.70 Å². The number of aromatic nitrogens is 3. The van der Waals surface area contributed by atoms with Crippen LogP contribution < -0.4 is 5.32 Å². The first-order valence-electron chi connectivity index (χ1n) is 4.92. The maximum absolute atomic E-state index is 4.49. The monoisotopic (exact) mass is 230 g/mol. The molecule has 1 N–H and O–H groups in total. The Morgan fingerprint density at radius 2 is 2.19 bits per heavy atom. The molecule has 0 spiro atoms. The smallest absolute Gasteiger partial charge is 0.188 e. The van der Waals surface area contributed by atoms with Crippen molar-refractivity contribution in [3.05, 3.63) is 36.7 Å². The van der Waals surface area contributed by atoms with E-state index in [9.17, 15) is 0 Å². The van der Waals surface area contributed by atoms with Crippen molar-refractivity contribution in [3.63, 3.8) is 0 Å². The molecule has 1 aromatic carbocycles. The number of para-hydroxylation sites is 1. The summed E-state index contributed by atoms with van der Waals surface area (Å²) in [5, 5.41) is 8.23. The lowest BCUT2D eigenvalue weighted by molar-refractivity contribution is 0.768. The molecule has 0 aliphatic rings. The lowest BCUT2D eigenvalue weighted by atomic mass is 10.3. The van der Waals surface area contributed by atoms with Crippen molar-refractivity contribution in [2.45, 2.75) is 0 Å². The number of nitrogens with zero attached hydrogens (tertiary/aromatic N) is 3. The highest BCUT2D eigenvalue weighted by atomic mass is 32.1. The highest BCUT2D eigenvalue weighted by molar-refractivity contribution is 7.22. The van der Waals surface area contributed by atoms with E-state index in [1.807, 2.05) is 31.4 Å². The van der Waals surface area contributed by atoms with Gasteiger partial charge in [0.25, 0.3) is 0 Å². The van der Waals surface area contributed by atoms with E-state index in [4.69, 9.17) is 0 Å². The fraction of sp³-hybridized carbons (Fsp3) is 0.0909. The molecule has 0 radical (unpaired) electrons. The Morgan fingerprint density at radius 3 is 2.94 bits per heavy atom. The minimum atomic E-state index is 0.897. The Morgan fingerprint density at radius 1 is 1.31 bits per heavy atom. The average Bonchev–Trinajstić information content (AvgIpc) is 2.84. The second-order valence-corrected chi connectivity index (χ2v) is 4.55. The number of rotatable bonds is 2. The van der Waals surface area contributed by atoms with Gasteiger partial charge in [-0.15, -0.1) is 0 Å². The third-order valence-electron chi connectivity index (χ3n) is 2.25. The molecule has 0 aliphatic carbocycles. The normalized spacial score (nSPS) is 10.8. The van der Waals surface area contributed by atoms with Gasteiger partial charge in [0.05, 0.1) is 22.1 Å². The van der Waals surface area contributed by atoms with Crippen LogP contribution in [0.1, 0.15) is 0 Å². The van der Waals surface area contributed by atoms with Crippen molar-refractivity contribution in [3.8, 4) is 0 Å². The lowest BCUT2D eigenvalue weighted by Gasteiger charge is -1.94. The summed E-state index contributed by atoms with van der Waals surface area (Å²) in [6, 6.07) is 8.10. The van der Waals surface area contributed by atoms with Crippen LogP contribution >= 0.6 is 11.3 Å². The van der Waals surface area contributed by atoms with Crippen LogP contribution in [-0.4, -0.2) is 14.8 Å². The van der Waals surface area contributed by atoms with Crippen molar-refractivity contribution >= 4 is 32.4 Å². The largest absolute Gasteiger partial charge is 0.329 e. The number of aryl methyl sites for hydroxylation is 1. The fourth-order valence-electron chi connectivity index (χ4n) is 1.53. The van der Waals surface area contributed by atoms with Gasteiger partial charge in [-0.25, -0.2) is 4.98 Å². The number of hydrogen-bond acceptors (Lipinski definition) is 4. The van der Waals surface area contributed by atoms with Crippen LogP contribution in [0.3, 0.4) is 0 Å². The molecule has 0 atom stereocenters. The van der Waals surface area contributed by atoms with Gasteiger partial charge >= 0.3 is 0 Å². The standard InChI is InChI=1S/C11H10N4S/c1-15-7-8(6-12-15)13-11-14-9-4-2-3-5-10(9)16-11/h2-7H,1H3,(H,13,14). The third kappa shape index (κ3) is 1.65. The van der Waals surface area contributed by atoms with Gasteiger partial charge in [-0.05, 0) is 12.1 Å². The predicted octanol–water partition coefficient (Wildman–Crippen LogP) is 2.77. The molecular formula is C11H10N4S. The summed E-state index contributed by atoms with van der Waals surface area (Å²) in [7, 11) is 1.89. The van der Waals surface area contributed by atoms with E-state index in [-0.39, 0.29) is 0 Å². The molecule has 0 saturated heterocycles. The van der Waals surface area contributed by atoms with Gasteiger partial charge in [-0.2, -0.15) is 5.10 Å². The zero-order chi connectivity index (χ0) is 11.0. The molecule has 0 bridgehead atoms. The third-order valence-corrected chi connectivity index (χ3v) is 3.20. The molecule has 16 heavy (non-hydrogen) atoms. The van der Waals surface area contributed by atoms with Crippen LogP contribution in [-0.2, 0) is 7.05 Å². The Kier molecular flexibility index (Phi) is 2.11. The lowest BCUT2D eigenvalue weighted by Crippen LogP contribution is -1.87. The van der Waals surface area contributed by atoms with Crippen LogP contribution in [0.2, 0.25) is 0 Å². The first-order chi connectivity index (χ1) is 7.81. The molecule has 0 aliphatic heterocycles. The molecule has 80 valence electrons. The molecule has 0 amide bonds. The number of anilines is 2. The molecular weight excluding hydrogens is 220 g/mol. The molecule has 3 rings (SSSR count). The van der Waals surface area contributed by atoms with Crippen LogP contribution in [0.25, 0.3) is 10.2 Å². The van der Waals surface area contributed by atoms with Crippen molar-refractivity contribution < 1.29 is 0 Å². The Hall–Kier alpha value is -1.88. The molecule has 0 fully saturated rings. The quantitative estimate of drug-likeness (QED) is 0.736.